The molecule has 0 aliphatic carbocycles. The van der Waals surface area contributed by atoms with Gasteiger partial charge >= 0.3 is 0 Å². The molecule has 2 heterocycles. The molecule has 2 rings (SSSR count). The van der Waals surface area contributed by atoms with E-state index in [4.69, 9.17) is 4.74 Å². The lowest BCUT2D eigenvalue weighted by Crippen LogP contribution is -2.51. The molecule has 2 heteroatoms. The lowest BCUT2D eigenvalue weighted by molar-refractivity contribution is 0.0779. The minimum absolute atomic E-state index is 0.586. The molecule has 1 unspecified atom stereocenters. The quantitative estimate of drug-likeness (QED) is 0.692. The second kappa shape index (κ2) is 3.35. The number of ether oxygens (including phenoxy) is 1. The molecule has 0 saturated carbocycles. The Hall–Kier alpha value is -0.0800. The van der Waals surface area contributed by atoms with E-state index in [9.17, 15) is 0 Å². The van der Waals surface area contributed by atoms with E-state index in [1.165, 1.54) is 38.8 Å². The van der Waals surface area contributed by atoms with Crippen molar-refractivity contribution in [2.45, 2.75) is 38.7 Å². The van der Waals surface area contributed by atoms with Crippen LogP contribution in [0, 0.1) is 5.41 Å². The SMILES string of the molecule is CC1(CCC2CCCO2)CNC1. The molecule has 0 aromatic rings. The second-order valence-electron chi connectivity index (χ2n) is 4.59. The van der Waals surface area contributed by atoms with Crippen LogP contribution in [0.5, 0.6) is 0 Å². The largest absolute Gasteiger partial charge is 0.378 e. The van der Waals surface area contributed by atoms with Gasteiger partial charge in [-0.2, -0.15) is 0 Å². The molecule has 1 N–H and O–H groups in total. The molecule has 0 radical (unpaired) electrons. The first-order valence-electron chi connectivity index (χ1n) is 5.11. The third kappa shape index (κ3) is 1.80. The maximum Gasteiger partial charge on any atom is 0.0576 e. The average molecular weight is 169 g/mol. The van der Waals surface area contributed by atoms with Crippen molar-refractivity contribution in [2.75, 3.05) is 19.7 Å². The fourth-order valence-electron chi connectivity index (χ4n) is 2.11. The topological polar surface area (TPSA) is 21.3 Å². The Kier molecular flexibility index (Phi) is 2.37. The zero-order valence-corrected chi connectivity index (χ0v) is 7.94. The van der Waals surface area contributed by atoms with Gasteiger partial charge in [-0.05, 0) is 31.1 Å². The number of rotatable bonds is 3. The third-order valence-corrected chi connectivity index (χ3v) is 3.20. The first kappa shape index (κ1) is 8.52. The van der Waals surface area contributed by atoms with Crippen LogP contribution in [0.2, 0.25) is 0 Å². The molecule has 2 nitrogen and oxygen atoms in total. The standard InChI is InChI=1S/C10H19NO/c1-10(7-11-8-10)5-4-9-3-2-6-12-9/h9,11H,2-8H2,1H3. The summed E-state index contributed by atoms with van der Waals surface area (Å²) in [5, 5.41) is 3.34. The van der Waals surface area contributed by atoms with E-state index in [0.29, 0.717) is 11.5 Å². The highest BCUT2D eigenvalue weighted by molar-refractivity contribution is 4.88. The molecule has 2 aliphatic rings. The molecule has 0 aromatic heterocycles. The summed E-state index contributed by atoms with van der Waals surface area (Å²) in [6.07, 6.45) is 5.77. The van der Waals surface area contributed by atoms with Gasteiger partial charge in [-0.15, -0.1) is 0 Å². The molecule has 1 atom stereocenters. The van der Waals surface area contributed by atoms with Gasteiger partial charge in [0.25, 0.3) is 0 Å². The maximum atomic E-state index is 5.60. The highest BCUT2D eigenvalue weighted by Crippen LogP contribution is 2.30. The summed E-state index contributed by atoms with van der Waals surface area (Å²) in [7, 11) is 0. The summed E-state index contributed by atoms with van der Waals surface area (Å²) in [6, 6.07) is 0. The summed E-state index contributed by atoms with van der Waals surface area (Å²) < 4.78 is 5.60. The van der Waals surface area contributed by atoms with Gasteiger partial charge in [-0.25, -0.2) is 0 Å². The molecular formula is C10H19NO. The summed E-state index contributed by atoms with van der Waals surface area (Å²) in [5.41, 5.74) is 0.589. The molecule has 0 spiro atoms. The van der Waals surface area contributed by atoms with Crippen LogP contribution in [0.4, 0.5) is 0 Å². The fraction of sp³-hybridized carbons (Fsp3) is 1.00. The van der Waals surface area contributed by atoms with Crippen molar-refractivity contribution < 1.29 is 4.74 Å². The van der Waals surface area contributed by atoms with Gasteiger partial charge in [0.15, 0.2) is 0 Å². The fourth-order valence-corrected chi connectivity index (χ4v) is 2.11. The van der Waals surface area contributed by atoms with Crippen molar-refractivity contribution in [3.63, 3.8) is 0 Å². The number of nitrogens with one attached hydrogen (secondary N) is 1. The molecule has 2 aliphatic heterocycles. The first-order chi connectivity index (χ1) is 5.79. The van der Waals surface area contributed by atoms with Crippen LogP contribution in [-0.4, -0.2) is 25.8 Å². The monoisotopic (exact) mass is 169 g/mol. The number of hydrogen-bond donors (Lipinski definition) is 1. The van der Waals surface area contributed by atoms with Crippen molar-refractivity contribution >= 4 is 0 Å². The van der Waals surface area contributed by atoms with Gasteiger partial charge in [-0.1, -0.05) is 6.92 Å². The van der Waals surface area contributed by atoms with Gasteiger partial charge in [0, 0.05) is 19.7 Å². The van der Waals surface area contributed by atoms with E-state index >= 15 is 0 Å². The molecule has 0 bridgehead atoms. The van der Waals surface area contributed by atoms with Crippen molar-refractivity contribution in [1.29, 1.82) is 0 Å². The van der Waals surface area contributed by atoms with Crippen LogP contribution in [0.25, 0.3) is 0 Å². The molecule has 0 amide bonds. The highest BCUT2D eigenvalue weighted by atomic mass is 16.5. The molecule has 0 aromatic carbocycles. The van der Waals surface area contributed by atoms with Gasteiger partial charge < -0.3 is 10.1 Å². The predicted molar refractivity (Wildman–Crippen MR) is 49.2 cm³/mol. The predicted octanol–water partition coefficient (Wildman–Crippen LogP) is 1.56. The van der Waals surface area contributed by atoms with Crippen LogP contribution in [0.1, 0.15) is 32.6 Å². The van der Waals surface area contributed by atoms with E-state index < -0.39 is 0 Å². The van der Waals surface area contributed by atoms with Crippen molar-refractivity contribution in [1.82, 2.24) is 5.32 Å². The smallest absolute Gasteiger partial charge is 0.0576 e. The Morgan fingerprint density at radius 3 is 2.83 bits per heavy atom. The molecule has 2 fully saturated rings. The lowest BCUT2D eigenvalue weighted by Gasteiger charge is -2.40. The molecule has 70 valence electrons. The zero-order chi connectivity index (χ0) is 8.44. The van der Waals surface area contributed by atoms with Gasteiger partial charge in [0.05, 0.1) is 6.10 Å². The Labute approximate surface area is 74.7 Å². The van der Waals surface area contributed by atoms with Gasteiger partial charge in [-0.3, -0.25) is 0 Å². The van der Waals surface area contributed by atoms with Crippen LogP contribution in [0.3, 0.4) is 0 Å². The second-order valence-corrected chi connectivity index (χ2v) is 4.59. The normalized spacial score (nSPS) is 33.2. The van der Waals surface area contributed by atoms with Crippen molar-refractivity contribution in [3.05, 3.63) is 0 Å². The van der Waals surface area contributed by atoms with E-state index in [1.807, 2.05) is 0 Å². The lowest BCUT2D eigenvalue weighted by atomic mass is 9.79. The molecular weight excluding hydrogens is 150 g/mol. The summed E-state index contributed by atoms with van der Waals surface area (Å²) in [4.78, 5) is 0. The Morgan fingerprint density at radius 2 is 2.33 bits per heavy atom. The number of hydrogen-bond acceptors (Lipinski definition) is 2. The van der Waals surface area contributed by atoms with Crippen LogP contribution in [-0.2, 0) is 4.74 Å². The van der Waals surface area contributed by atoms with Crippen LogP contribution in [0.15, 0.2) is 0 Å². The Bertz CT molecular complexity index is 148. The Morgan fingerprint density at radius 1 is 1.50 bits per heavy atom. The van der Waals surface area contributed by atoms with Gasteiger partial charge in [0.1, 0.15) is 0 Å². The third-order valence-electron chi connectivity index (χ3n) is 3.20. The van der Waals surface area contributed by atoms with Crippen LogP contribution < -0.4 is 5.32 Å². The average Bonchev–Trinajstić information content (AvgIpc) is 2.49. The molecule has 2 saturated heterocycles. The maximum absolute atomic E-state index is 5.60. The summed E-state index contributed by atoms with van der Waals surface area (Å²) in [5.74, 6) is 0. The van der Waals surface area contributed by atoms with Crippen molar-refractivity contribution in [3.8, 4) is 0 Å². The Balaban J connectivity index is 1.67. The summed E-state index contributed by atoms with van der Waals surface area (Å²) >= 11 is 0. The minimum atomic E-state index is 0.586. The van der Waals surface area contributed by atoms with E-state index in [0.717, 1.165) is 6.61 Å². The van der Waals surface area contributed by atoms with Gasteiger partial charge in [0.2, 0.25) is 0 Å². The van der Waals surface area contributed by atoms with E-state index in [1.54, 1.807) is 0 Å². The van der Waals surface area contributed by atoms with Crippen molar-refractivity contribution in [2.24, 2.45) is 5.41 Å². The minimum Gasteiger partial charge on any atom is -0.378 e. The van der Waals surface area contributed by atoms with Crippen LogP contribution >= 0.6 is 0 Å². The zero-order valence-electron chi connectivity index (χ0n) is 7.94. The summed E-state index contributed by atoms with van der Waals surface area (Å²) in [6.45, 7) is 5.79. The van der Waals surface area contributed by atoms with E-state index in [2.05, 4.69) is 12.2 Å². The first-order valence-corrected chi connectivity index (χ1v) is 5.11. The highest BCUT2D eigenvalue weighted by Gasteiger charge is 2.32. The molecule has 12 heavy (non-hydrogen) atoms. The van der Waals surface area contributed by atoms with E-state index in [-0.39, 0.29) is 0 Å².